The van der Waals surface area contributed by atoms with Gasteiger partial charge in [0.2, 0.25) is 0 Å². The number of carbonyl (C=O) groups is 2. The van der Waals surface area contributed by atoms with Gasteiger partial charge in [0.05, 0.1) is 12.2 Å². The third-order valence-corrected chi connectivity index (χ3v) is 3.34. The van der Waals surface area contributed by atoms with Gasteiger partial charge < -0.3 is 19.9 Å². The van der Waals surface area contributed by atoms with Crippen LogP contribution in [0.1, 0.15) is 51.4 Å². The molecule has 1 rings (SSSR count). The van der Waals surface area contributed by atoms with Gasteiger partial charge in [-0.05, 0) is 52.3 Å². The second-order valence-corrected chi connectivity index (χ2v) is 7.12. The number of β-amino-alcohol motifs (C(OH)–C–C–N with tert-alkyl or cyclic N) is 1. The van der Waals surface area contributed by atoms with Crippen LogP contribution < -0.4 is 15.4 Å². The molecule has 0 fully saturated rings. The average Bonchev–Trinajstić information content (AvgIpc) is 2.56. The number of nitrogens with one attached hydrogen (secondary N) is 2. The fourth-order valence-corrected chi connectivity index (χ4v) is 2.03. The smallest absolute Gasteiger partial charge is 0.411 e. The summed E-state index contributed by atoms with van der Waals surface area (Å²) in [7, 11) is 0. The van der Waals surface area contributed by atoms with Crippen molar-refractivity contribution in [1.29, 1.82) is 0 Å². The van der Waals surface area contributed by atoms with Crippen molar-refractivity contribution < 1.29 is 24.2 Å². The normalized spacial score (nSPS) is 12.4. The van der Waals surface area contributed by atoms with Crippen molar-refractivity contribution in [2.24, 2.45) is 0 Å². The van der Waals surface area contributed by atoms with E-state index in [4.69, 9.17) is 9.47 Å². The molecule has 1 aromatic rings. The zero-order valence-electron chi connectivity index (χ0n) is 16.2. The van der Waals surface area contributed by atoms with Crippen LogP contribution in [0, 0.1) is 0 Å². The van der Waals surface area contributed by atoms with Gasteiger partial charge in [0.25, 0.3) is 0 Å². The number of benzene rings is 1. The average molecular weight is 366 g/mol. The minimum atomic E-state index is -0.712. The van der Waals surface area contributed by atoms with Gasteiger partial charge in [0.15, 0.2) is 5.78 Å². The molecule has 3 N–H and O–H groups in total. The van der Waals surface area contributed by atoms with Crippen LogP contribution in [0.2, 0.25) is 0 Å². The van der Waals surface area contributed by atoms with E-state index >= 15 is 0 Å². The number of aliphatic hydroxyl groups excluding tert-OH is 1. The van der Waals surface area contributed by atoms with E-state index < -0.39 is 12.2 Å². The Bertz CT molecular complexity index is 610. The number of anilines is 1. The molecule has 0 spiro atoms. The minimum absolute atomic E-state index is 0.0503. The third kappa shape index (κ3) is 8.31. The zero-order chi connectivity index (χ0) is 19.7. The number of amides is 1. The summed E-state index contributed by atoms with van der Waals surface area (Å²) in [5.74, 6) is 0.160. The van der Waals surface area contributed by atoms with Gasteiger partial charge in [0, 0.05) is 17.8 Å². The molecule has 1 aromatic carbocycles. The molecule has 1 amide bonds. The van der Waals surface area contributed by atoms with Crippen LogP contribution in [-0.2, 0) is 4.74 Å². The highest BCUT2D eigenvalue weighted by atomic mass is 16.5. The summed E-state index contributed by atoms with van der Waals surface area (Å²) in [6.07, 6.45) is -0.555. The van der Waals surface area contributed by atoms with Crippen LogP contribution in [0.4, 0.5) is 10.5 Å². The number of hydrogen-bond donors (Lipinski definition) is 3. The van der Waals surface area contributed by atoms with Gasteiger partial charge in [-0.1, -0.05) is 6.92 Å². The van der Waals surface area contributed by atoms with Crippen LogP contribution >= 0.6 is 0 Å². The predicted molar refractivity (Wildman–Crippen MR) is 101 cm³/mol. The third-order valence-electron chi connectivity index (χ3n) is 3.34. The first-order valence-electron chi connectivity index (χ1n) is 8.77. The summed E-state index contributed by atoms with van der Waals surface area (Å²) in [6, 6.07) is 4.75. The molecule has 146 valence electrons. The van der Waals surface area contributed by atoms with Crippen molar-refractivity contribution in [3.05, 3.63) is 23.8 Å². The minimum Gasteiger partial charge on any atom is -0.490 e. The molecule has 0 saturated carbocycles. The van der Waals surface area contributed by atoms with Gasteiger partial charge >= 0.3 is 6.09 Å². The fraction of sp³-hybridized carbons (Fsp3) is 0.579. The molecule has 0 bridgehead atoms. The van der Waals surface area contributed by atoms with Crippen LogP contribution in [0.25, 0.3) is 0 Å². The Labute approximate surface area is 155 Å². The topological polar surface area (TPSA) is 96.9 Å². The number of aliphatic hydroxyl groups is 1. The second kappa shape index (κ2) is 10.1. The number of Topliss-reactive ketones (excluding diaryl/α,β-unsaturated/α-hetero) is 1. The molecule has 0 saturated heterocycles. The summed E-state index contributed by atoms with van der Waals surface area (Å²) in [4.78, 5) is 23.5. The van der Waals surface area contributed by atoms with Crippen molar-refractivity contribution in [2.45, 2.75) is 52.7 Å². The van der Waals surface area contributed by atoms with E-state index in [1.807, 2.05) is 27.7 Å². The molecular formula is C19H30N2O5. The Morgan fingerprint density at radius 1 is 1.27 bits per heavy atom. The van der Waals surface area contributed by atoms with Crippen LogP contribution in [-0.4, -0.2) is 48.4 Å². The molecule has 0 aliphatic rings. The molecule has 7 heteroatoms. The van der Waals surface area contributed by atoms with E-state index in [9.17, 15) is 14.7 Å². The number of rotatable bonds is 9. The number of ketones is 1. The number of carbonyl (C=O) groups excluding carboxylic acids is 2. The van der Waals surface area contributed by atoms with Crippen molar-refractivity contribution in [1.82, 2.24) is 5.32 Å². The molecular weight excluding hydrogens is 336 g/mol. The van der Waals surface area contributed by atoms with Gasteiger partial charge in [0.1, 0.15) is 18.5 Å². The van der Waals surface area contributed by atoms with Crippen molar-refractivity contribution >= 4 is 17.6 Å². The molecule has 0 heterocycles. The zero-order valence-corrected chi connectivity index (χ0v) is 16.2. The molecule has 26 heavy (non-hydrogen) atoms. The van der Waals surface area contributed by atoms with E-state index in [1.165, 1.54) is 13.0 Å². The lowest BCUT2D eigenvalue weighted by molar-refractivity contribution is 0.0950. The Morgan fingerprint density at radius 2 is 1.96 bits per heavy atom. The Balaban J connectivity index is 2.71. The Morgan fingerprint density at radius 3 is 2.54 bits per heavy atom. The van der Waals surface area contributed by atoms with E-state index in [0.29, 0.717) is 30.2 Å². The predicted octanol–water partition coefficient (Wildman–Crippen LogP) is 2.98. The largest absolute Gasteiger partial charge is 0.490 e. The lowest BCUT2D eigenvalue weighted by Crippen LogP contribution is -2.42. The van der Waals surface area contributed by atoms with Crippen molar-refractivity contribution in [3.63, 3.8) is 0 Å². The summed E-state index contributed by atoms with van der Waals surface area (Å²) in [5, 5.41) is 15.8. The van der Waals surface area contributed by atoms with Gasteiger partial charge in [-0.2, -0.15) is 0 Å². The first-order valence-corrected chi connectivity index (χ1v) is 8.77. The molecule has 7 nitrogen and oxygen atoms in total. The first-order chi connectivity index (χ1) is 12.1. The van der Waals surface area contributed by atoms with Crippen molar-refractivity contribution in [3.8, 4) is 5.75 Å². The molecule has 1 atom stereocenters. The Hall–Kier alpha value is -2.12. The van der Waals surface area contributed by atoms with Crippen LogP contribution in [0.15, 0.2) is 18.2 Å². The molecule has 0 aliphatic carbocycles. The van der Waals surface area contributed by atoms with Crippen LogP contribution in [0.3, 0.4) is 0 Å². The molecule has 0 aliphatic heterocycles. The number of hydrogen-bond acceptors (Lipinski definition) is 6. The highest BCUT2D eigenvalue weighted by Gasteiger charge is 2.15. The highest BCUT2D eigenvalue weighted by Crippen LogP contribution is 2.24. The summed E-state index contributed by atoms with van der Waals surface area (Å²) < 4.78 is 10.5. The maximum atomic E-state index is 11.9. The molecule has 0 radical (unpaired) electrons. The summed E-state index contributed by atoms with van der Waals surface area (Å²) in [5.41, 5.74) is 0.665. The van der Waals surface area contributed by atoms with E-state index in [2.05, 4.69) is 10.6 Å². The highest BCUT2D eigenvalue weighted by molar-refractivity contribution is 5.98. The quantitative estimate of drug-likeness (QED) is 0.582. The SMILES string of the molecule is CCCOC(=O)Nc1ccc(OCC(O)CNC(C)(C)C)c(C(C)=O)c1. The first kappa shape index (κ1) is 21.9. The summed E-state index contributed by atoms with van der Waals surface area (Å²) in [6.45, 7) is 10.1. The lowest BCUT2D eigenvalue weighted by atomic mass is 10.1. The number of ether oxygens (including phenoxy) is 2. The Kier molecular flexibility index (Phi) is 8.54. The second-order valence-electron chi connectivity index (χ2n) is 7.12. The standard InChI is InChI=1S/C19H30N2O5/c1-6-9-25-18(24)21-14-7-8-17(16(10-14)13(2)22)26-12-15(23)11-20-19(3,4)5/h7-8,10,15,20,23H,6,9,11-12H2,1-5H3,(H,21,24). The van der Waals surface area contributed by atoms with E-state index in [-0.39, 0.29) is 17.9 Å². The van der Waals surface area contributed by atoms with Gasteiger partial charge in [-0.3, -0.25) is 10.1 Å². The van der Waals surface area contributed by atoms with Gasteiger partial charge in [-0.15, -0.1) is 0 Å². The maximum Gasteiger partial charge on any atom is 0.411 e. The van der Waals surface area contributed by atoms with Crippen LogP contribution in [0.5, 0.6) is 5.75 Å². The summed E-state index contributed by atoms with van der Waals surface area (Å²) >= 11 is 0. The van der Waals surface area contributed by atoms with E-state index in [1.54, 1.807) is 12.1 Å². The fourth-order valence-electron chi connectivity index (χ4n) is 2.03. The monoisotopic (exact) mass is 366 g/mol. The maximum absolute atomic E-state index is 11.9. The molecule has 0 aromatic heterocycles. The van der Waals surface area contributed by atoms with Crippen molar-refractivity contribution in [2.75, 3.05) is 25.1 Å². The van der Waals surface area contributed by atoms with E-state index in [0.717, 1.165) is 6.42 Å². The molecule has 1 unspecified atom stereocenters. The van der Waals surface area contributed by atoms with Gasteiger partial charge in [-0.25, -0.2) is 4.79 Å². The lowest BCUT2D eigenvalue weighted by Gasteiger charge is -2.23.